The summed E-state index contributed by atoms with van der Waals surface area (Å²) in [5.74, 6) is -0.253. The Balaban J connectivity index is 1.84. The lowest BCUT2D eigenvalue weighted by Crippen LogP contribution is -2.06. The molecule has 11 heteroatoms. The normalized spacial score (nSPS) is 11.3. The van der Waals surface area contributed by atoms with Gasteiger partial charge in [-0.05, 0) is 35.9 Å². The fraction of sp³-hybridized carbons (Fsp3) is 0.208. The molecule has 0 fully saturated rings. The first-order valence-corrected chi connectivity index (χ1v) is 10.7. The highest BCUT2D eigenvalue weighted by atomic mass is 19.1. The second kappa shape index (κ2) is 9.11. The minimum atomic E-state index is -0.490. The van der Waals surface area contributed by atoms with E-state index in [1.165, 1.54) is 23.9 Å². The number of halogens is 1. The SMILES string of the molecule is COCc1nn2c(nnc3c(CC(=O)OC)nn(-c4cccc(F)c4)c32)c1-c1cccc(OC)c1. The molecule has 0 radical (unpaired) electrons. The Morgan fingerprint density at radius 3 is 2.57 bits per heavy atom. The summed E-state index contributed by atoms with van der Waals surface area (Å²) in [6, 6.07) is 13.4. The second-order valence-electron chi connectivity index (χ2n) is 7.69. The predicted molar refractivity (Wildman–Crippen MR) is 124 cm³/mol. The molecule has 178 valence electrons. The van der Waals surface area contributed by atoms with E-state index in [1.54, 1.807) is 30.9 Å². The van der Waals surface area contributed by atoms with Crippen LogP contribution in [0.15, 0.2) is 48.5 Å². The average Bonchev–Trinajstić information content (AvgIpc) is 3.42. The van der Waals surface area contributed by atoms with Gasteiger partial charge in [-0.15, -0.1) is 10.2 Å². The average molecular weight is 476 g/mol. The van der Waals surface area contributed by atoms with Gasteiger partial charge in [-0.25, -0.2) is 9.07 Å². The maximum atomic E-state index is 14.1. The molecule has 3 aromatic heterocycles. The number of aromatic nitrogens is 6. The van der Waals surface area contributed by atoms with E-state index in [-0.39, 0.29) is 13.0 Å². The molecular weight excluding hydrogens is 455 g/mol. The number of rotatable bonds is 7. The molecule has 0 aliphatic carbocycles. The molecule has 3 heterocycles. The van der Waals surface area contributed by atoms with E-state index in [0.29, 0.717) is 45.2 Å². The Morgan fingerprint density at radius 1 is 1.00 bits per heavy atom. The molecule has 10 nitrogen and oxygen atoms in total. The van der Waals surface area contributed by atoms with E-state index >= 15 is 0 Å². The Labute approximate surface area is 198 Å². The number of methoxy groups -OCH3 is 3. The van der Waals surface area contributed by atoms with Crippen molar-refractivity contribution in [2.24, 2.45) is 0 Å². The molecular formula is C24H21FN6O4. The van der Waals surface area contributed by atoms with Crippen molar-refractivity contribution in [2.45, 2.75) is 13.0 Å². The van der Waals surface area contributed by atoms with Gasteiger partial charge in [-0.3, -0.25) is 4.79 Å². The van der Waals surface area contributed by atoms with Gasteiger partial charge in [0.2, 0.25) is 0 Å². The zero-order chi connectivity index (χ0) is 24.5. The van der Waals surface area contributed by atoms with E-state index in [1.807, 2.05) is 24.3 Å². The number of ether oxygens (including phenoxy) is 3. The van der Waals surface area contributed by atoms with Crippen LogP contribution in [0.4, 0.5) is 4.39 Å². The van der Waals surface area contributed by atoms with E-state index in [2.05, 4.69) is 15.3 Å². The van der Waals surface area contributed by atoms with Crippen LogP contribution in [0.1, 0.15) is 11.4 Å². The molecule has 35 heavy (non-hydrogen) atoms. The maximum Gasteiger partial charge on any atom is 0.311 e. The van der Waals surface area contributed by atoms with E-state index in [9.17, 15) is 9.18 Å². The summed E-state index contributed by atoms with van der Waals surface area (Å²) in [4.78, 5) is 12.0. The molecule has 0 spiro atoms. The summed E-state index contributed by atoms with van der Waals surface area (Å²) >= 11 is 0. The molecule has 0 bridgehead atoms. The Bertz CT molecular complexity index is 1560. The standard InChI is InChI=1S/C24H21FN6O4/c1-33-13-19-21(14-6-4-9-17(10-14)34-2)23-27-26-22-18(12-20(32)35-3)28-30(24(22)31(23)29-19)16-8-5-7-15(25)11-16/h4-11H,12-13H2,1-3H3. The lowest BCUT2D eigenvalue weighted by molar-refractivity contribution is -0.139. The predicted octanol–water partition coefficient (Wildman–Crippen LogP) is 3.14. The molecule has 0 unspecified atom stereocenters. The number of hydrogen-bond acceptors (Lipinski definition) is 8. The summed E-state index contributed by atoms with van der Waals surface area (Å²) in [6.07, 6.45) is -0.134. The summed E-state index contributed by atoms with van der Waals surface area (Å²) < 4.78 is 32.8. The van der Waals surface area contributed by atoms with Crippen LogP contribution >= 0.6 is 0 Å². The van der Waals surface area contributed by atoms with E-state index in [4.69, 9.17) is 19.3 Å². The van der Waals surface area contributed by atoms with Gasteiger partial charge < -0.3 is 14.2 Å². The largest absolute Gasteiger partial charge is 0.497 e. The third kappa shape index (κ3) is 3.95. The molecule has 0 aliphatic rings. The number of fused-ring (bicyclic) bond motifs is 3. The third-order valence-corrected chi connectivity index (χ3v) is 5.52. The van der Waals surface area contributed by atoms with Crippen LogP contribution in [0.3, 0.4) is 0 Å². The first-order valence-electron chi connectivity index (χ1n) is 10.7. The van der Waals surface area contributed by atoms with Gasteiger partial charge in [-0.1, -0.05) is 18.2 Å². The first-order chi connectivity index (χ1) is 17.0. The summed E-state index contributed by atoms with van der Waals surface area (Å²) in [6.45, 7) is 0.209. The smallest absolute Gasteiger partial charge is 0.311 e. The van der Waals surface area contributed by atoms with Crippen molar-refractivity contribution in [3.63, 3.8) is 0 Å². The molecule has 0 atom stereocenters. The number of carbonyl (C=O) groups excluding carboxylic acids is 1. The quantitative estimate of drug-likeness (QED) is 0.330. The Morgan fingerprint density at radius 2 is 1.83 bits per heavy atom. The minimum absolute atomic E-state index is 0.134. The maximum absolute atomic E-state index is 14.1. The van der Waals surface area contributed by atoms with Gasteiger partial charge in [0.1, 0.15) is 17.3 Å². The van der Waals surface area contributed by atoms with Crippen LogP contribution in [0, 0.1) is 5.82 Å². The fourth-order valence-electron chi connectivity index (χ4n) is 3.96. The van der Waals surface area contributed by atoms with Gasteiger partial charge in [-0.2, -0.15) is 14.7 Å². The van der Waals surface area contributed by atoms with E-state index in [0.717, 1.165) is 5.56 Å². The highest BCUT2D eigenvalue weighted by molar-refractivity contribution is 5.87. The van der Waals surface area contributed by atoms with Crippen molar-refractivity contribution in [1.82, 2.24) is 29.6 Å². The lowest BCUT2D eigenvalue weighted by Gasteiger charge is -2.06. The van der Waals surface area contributed by atoms with Crippen molar-refractivity contribution < 1.29 is 23.4 Å². The third-order valence-electron chi connectivity index (χ3n) is 5.52. The number of benzene rings is 2. The van der Waals surface area contributed by atoms with Gasteiger partial charge >= 0.3 is 5.97 Å². The molecule has 2 aromatic carbocycles. The van der Waals surface area contributed by atoms with Gasteiger partial charge in [0.15, 0.2) is 16.8 Å². The first kappa shape index (κ1) is 22.4. The van der Waals surface area contributed by atoms with Gasteiger partial charge in [0, 0.05) is 7.11 Å². The van der Waals surface area contributed by atoms with Gasteiger partial charge in [0.05, 0.1) is 44.2 Å². The molecule has 5 rings (SSSR count). The summed E-state index contributed by atoms with van der Waals surface area (Å²) in [5, 5.41) is 18.2. The van der Waals surface area contributed by atoms with Crippen LogP contribution < -0.4 is 4.74 Å². The fourth-order valence-corrected chi connectivity index (χ4v) is 3.96. The number of hydrogen-bond donors (Lipinski definition) is 0. The Kier molecular flexibility index (Phi) is 5.83. The monoisotopic (exact) mass is 476 g/mol. The molecule has 0 saturated carbocycles. The van der Waals surface area contributed by atoms with E-state index < -0.39 is 11.8 Å². The van der Waals surface area contributed by atoms with Crippen molar-refractivity contribution in [1.29, 1.82) is 0 Å². The zero-order valence-electron chi connectivity index (χ0n) is 19.2. The molecule has 0 saturated heterocycles. The van der Waals surface area contributed by atoms with Crippen molar-refractivity contribution in [3.8, 4) is 22.6 Å². The van der Waals surface area contributed by atoms with Crippen LogP contribution in [-0.2, 0) is 27.3 Å². The minimum Gasteiger partial charge on any atom is -0.497 e. The van der Waals surface area contributed by atoms with Crippen molar-refractivity contribution >= 4 is 22.8 Å². The number of carbonyl (C=O) groups is 1. The molecule has 0 amide bonds. The van der Waals surface area contributed by atoms with Crippen LogP contribution in [0.5, 0.6) is 5.75 Å². The number of esters is 1. The molecule has 5 aromatic rings. The van der Waals surface area contributed by atoms with Crippen LogP contribution in [-0.4, -0.2) is 56.9 Å². The Hall–Kier alpha value is -4.38. The molecule has 0 N–H and O–H groups in total. The second-order valence-corrected chi connectivity index (χ2v) is 7.69. The van der Waals surface area contributed by atoms with Gasteiger partial charge in [0.25, 0.3) is 0 Å². The lowest BCUT2D eigenvalue weighted by atomic mass is 10.1. The topological polar surface area (TPSA) is 106 Å². The van der Waals surface area contributed by atoms with Crippen molar-refractivity contribution in [3.05, 3.63) is 65.7 Å². The highest BCUT2D eigenvalue weighted by Gasteiger charge is 2.25. The molecule has 0 aliphatic heterocycles. The van der Waals surface area contributed by atoms with Crippen LogP contribution in [0.25, 0.3) is 33.6 Å². The summed E-state index contributed by atoms with van der Waals surface area (Å²) in [5.41, 5.74) is 4.11. The zero-order valence-corrected chi connectivity index (χ0v) is 19.2. The highest BCUT2D eigenvalue weighted by Crippen LogP contribution is 2.32. The van der Waals surface area contributed by atoms with Crippen molar-refractivity contribution in [2.75, 3.05) is 21.3 Å². The van der Waals surface area contributed by atoms with Crippen LogP contribution in [0.2, 0.25) is 0 Å². The summed E-state index contributed by atoms with van der Waals surface area (Å²) in [7, 11) is 4.46. The number of nitrogens with zero attached hydrogens (tertiary/aromatic N) is 6.